The summed E-state index contributed by atoms with van der Waals surface area (Å²) in [4.78, 5) is 0. The monoisotopic (exact) mass is 337 g/mol. The fourth-order valence-electron chi connectivity index (χ4n) is 2.12. The largest absolute Gasteiger partial charge is 0.385 e. The van der Waals surface area contributed by atoms with Crippen LogP contribution in [0.2, 0.25) is 0 Å². The quantitative estimate of drug-likeness (QED) is 0.801. The smallest absolute Gasteiger partial charge is 0.247 e. The Bertz CT molecular complexity index is 743. The number of fused-ring (bicyclic) bond motifs is 1. The zero-order valence-corrected chi connectivity index (χ0v) is 13.3. The van der Waals surface area contributed by atoms with Crippen LogP contribution in [0.3, 0.4) is 0 Å². The molecular formula is C11H15NO5S3. The molecule has 0 amide bonds. The molecule has 1 aliphatic heterocycles. The molecule has 0 atom stereocenters. The van der Waals surface area contributed by atoms with Crippen LogP contribution in [0.4, 0.5) is 0 Å². The van der Waals surface area contributed by atoms with Crippen molar-refractivity contribution < 1.29 is 21.6 Å². The Morgan fingerprint density at radius 1 is 1.45 bits per heavy atom. The van der Waals surface area contributed by atoms with Gasteiger partial charge in [0.1, 0.15) is 8.42 Å². The van der Waals surface area contributed by atoms with E-state index < -0.39 is 19.9 Å². The highest BCUT2D eigenvalue weighted by molar-refractivity contribution is 7.97. The Hall–Kier alpha value is -0.740. The predicted molar refractivity (Wildman–Crippen MR) is 75.9 cm³/mol. The maximum atomic E-state index is 12.0. The molecule has 0 saturated heterocycles. The van der Waals surface area contributed by atoms with Crippen LogP contribution in [0.1, 0.15) is 17.5 Å². The summed E-state index contributed by atoms with van der Waals surface area (Å²) >= 11 is 0.741. The Balaban J connectivity index is 2.57. The average molecular weight is 337 g/mol. The van der Waals surface area contributed by atoms with Gasteiger partial charge in [-0.15, -0.1) is 11.3 Å². The Morgan fingerprint density at radius 3 is 2.75 bits per heavy atom. The van der Waals surface area contributed by atoms with Crippen LogP contribution in [0.15, 0.2) is 19.9 Å². The predicted octanol–water partition coefficient (Wildman–Crippen LogP) is 0.818. The molecule has 0 bridgehead atoms. The van der Waals surface area contributed by atoms with Crippen LogP contribution in [0.5, 0.6) is 0 Å². The van der Waals surface area contributed by atoms with Gasteiger partial charge >= 0.3 is 0 Å². The van der Waals surface area contributed by atoms with Crippen LogP contribution < -0.4 is 5.14 Å². The number of ether oxygens (including phenoxy) is 1. The average Bonchev–Trinajstić information content (AvgIpc) is 2.70. The molecule has 0 unspecified atom stereocenters. The Kier molecular flexibility index (Phi) is 4.35. The van der Waals surface area contributed by atoms with Gasteiger partial charge in [-0.25, -0.2) is 22.0 Å². The SMILES string of the molecule is COCCCc1c(S(N)(=O)=O)sc2c1CC=CS2(=O)=O. The van der Waals surface area contributed by atoms with Crippen LogP contribution in [-0.4, -0.2) is 30.6 Å². The number of sulfone groups is 1. The van der Waals surface area contributed by atoms with Gasteiger partial charge < -0.3 is 4.74 Å². The van der Waals surface area contributed by atoms with Gasteiger partial charge in [0.2, 0.25) is 19.9 Å². The maximum Gasteiger partial charge on any atom is 0.247 e. The third-order valence-electron chi connectivity index (χ3n) is 2.93. The van der Waals surface area contributed by atoms with Crippen molar-refractivity contribution in [3.63, 3.8) is 0 Å². The molecule has 0 aliphatic carbocycles. The van der Waals surface area contributed by atoms with Crippen LogP contribution >= 0.6 is 11.3 Å². The molecule has 112 valence electrons. The van der Waals surface area contributed by atoms with E-state index >= 15 is 0 Å². The van der Waals surface area contributed by atoms with E-state index in [0.717, 1.165) is 16.7 Å². The number of allylic oxidation sites excluding steroid dienone is 1. The zero-order valence-electron chi connectivity index (χ0n) is 10.8. The lowest BCUT2D eigenvalue weighted by Gasteiger charge is -2.09. The van der Waals surface area contributed by atoms with E-state index in [2.05, 4.69) is 0 Å². The van der Waals surface area contributed by atoms with Crippen molar-refractivity contribution in [3.8, 4) is 0 Å². The molecule has 2 heterocycles. The van der Waals surface area contributed by atoms with Crippen LogP contribution in [0.25, 0.3) is 0 Å². The van der Waals surface area contributed by atoms with Gasteiger partial charge in [0.15, 0.2) is 0 Å². The molecule has 2 rings (SSSR count). The molecule has 6 nitrogen and oxygen atoms in total. The van der Waals surface area contributed by atoms with Crippen molar-refractivity contribution in [3.05, 3.63) is 22.6 Å². The van der Waals surface area contributed by atoms with Crippen molar-refractivity contribution in [2.75, 3.05) is 13.7 Å². The number of sulfonamides is 1. The van der Waals surface area contributed by atoms with E-state index in [1.807, 2.05) is 0 Å². The molecule has 1 aliphatic rings. The summed E-state index contributed by atoms with van der Waals surface area (Å²) in [5, 5.41) is 6.31. The summed E-state index contributed by atoms with van der Waals surface area (Å²) in [6.07, 6.45) is 2.96. The lowest BCUT2D eigenvalue weighted by Crippen LogP contribution is -2.13. The summed E-state index contributed by atoms with van der Waals surface area (Å²) in [7, 11) is -5.92. The van der Waals surface area contributed by atoms with Gasteiger partial charge in [0, 0.05) is 19.1 Å². The van der Waals surface area contributed by atoms with Crippen LogP contribution in [0, 0.1) is 0 Å². The minimum atomic E-state index is -3.93. The number of methoxy groups -OCH3 is 1. The van der Waals surface area contributed by atoms with E-state index in [0.29, 0.717) is 37.0 Å². The van der Waals surface area contributed by atoms with E-state index in [9.17, 15) is 16.8 Å². The fraction of sp³-hybridized carbons (Fsp3) is 0.455. The van der Waals surface area contributed by atoms with Gasteiger partial charge in [0.05, 0.1) is 0 Å². The maximum absolute atomic E-state index is 12.0. The molecule has 0 spiro atoms. The fourth-order valence-corrected chi connectivity index (χ4v) is 6.31. The Morgan fingerprint density at radius 2 is 2.15 bits per heavy atom. The van der Waals surface area contributed by atoms with Gasteiger partial charge in [-0.1, -0.05) is 6.08 Å². The molecule has 9 heteroatoms. The van der Waals surface area contributed by atoms with E-state index in [-0.39, 0.29) is 8.42 Å². The highest BCUT2D eigenvalue weighted by Crippen LogP contribution is 2.39. The normalized spacial score (nSPS) is 17.1. The summed E-state index contributed by atoms with van der Waals surface area (Å²) in [6, 6.07) is 0. The molecule has 1 aromatic rings. The lowest BCUT2D eigenvalue weighted by atomic mass is 10.1. The molecule has 0 saturated carbocycles. The summed E-state index contributed by atoms with van der Waals surface area (Å²) in [5.74, 6) is 0. The van der Waals surface area contributed by atoms with Crippen molar-refractivity contribution in [1.29, 1.82) is 0 Å². The first-order valence-corrected chi connectivity index (χ1v) is 9.76. The second-order valence-corrected chi connectivity index (χ2v) is 9.20. The first-order chi connectivity index (χ1) is 9.27. The van der Waals surface area contributed by atoms with E-state index in [1.165, 1.54) is 6.08 Å². The highest BCUT2D eigenvalue weighted by atomic mass is 32.3. The minimum Gasteiger partial charge on any atom is -0.385 e. The number of rotatable bonds is 5. The van der Waals surface area contributed by atoms with Crippen molar-refractivity contribution in [2.45, 2.75) is 27.7 Å². The topological polar surface area (TPSA) is 104 Å². The van der Waals surface area contributed by atoms with Crippen molar-refractivity contribution in [1.82, 2.24) is 0 Å². The number of thiophene rings is 1. The van der Waals surface area contributed by atoms with Crippen molar-refractivity contribution >= 4 is 31.2 Å². The van der Waals surface area contributed by atoms with Crippen molar-refractivity contribution in [2.24, 2.45) is 5.14 Å². The zero-order chi connectivity index (χ0) is 15.0. The third kappa shape index (κ3) is 2.96. The van der Waals surface area contributed by atoms with E-state index in [1.54, 1.807) is 7.11 Å². The third-order valence-corrected chi connectivity index (χ3v) is 7.77. The summed E-state index contributed by atoms with van der Waals surface area (Å²) < 4.78 is 52.2. The number of nitrogens with two attached hydrogens (primary N) is 1. The minimum absolute atomic E-state index is 0.0501. The van der Waals surface area contributed by atoms with E-state index in [4.69, 9.17) is 9.88 Å². The Labute approximate surface area is 122 Å². The summed E-state index contributed by atoms with van der Waals surface area (Å²) in [5.41, 5.74) is 1.06. The second-order valence-electron chi connectivity index (χ2n) is 4.40. The molecule has 20 heavy (non-hydrogen) atoms. The molecule has 2 N–H and O–H groups in total. The number of primary sulfonamides is 1. The van der Waals surface area contributed by atoms with Crippen LogP contribution in [-0.2, 0) is 37.4 Å². The molecule has 0 aromatic carbocycles. The highest BCUT2D eigenvalue weighted by Gasteiger charge is 2.30. The number of hydrogen-bond acceptors (Lipinski definition) is 6. The first kappa shape index (κ1) is 15.6. The lowest BCUT2D eigenvalue weighted by molar-refractivity contribution is 0.195. The van der Waals surface area contributed by atoms with Gasteiger partial charge in [-0.05, 0) is 30.4 Å². The number of hydrogen-bond donors (Lipinski definition) is 1. The molecule has 0 fully saturated rings. The standard InChI is InChI=1S/C11H15NO5S3/c1-17-6-2-4-9-8-5-3-7-19(13,14)10(8)18-11(9)20(12,15)16/h3,7H,2,4-6H2,1H3,(H2,12,15,16). The summed E-state index contributed by atoms with van der Waals surface area (Å²) in [6.45, 7) is 0.470. The van der Waals surface area contributed by atoms with Gasteiger partial charge in [0.25, 0.3) is 0 Å². The van der Waals surface area contributed by atoms with Gasteiger partial charge in [-0.2, -0.15) is 0 Å². The molecule has 0 radical (unpaired) electrons. The molecule has 1 aromatic heterocycles. The second kappa shape index (κ2) is 5.57. The van der Waals surface area contributed by atoms with Gasteiger partial charge in [-0.3, -0.25) is 0 Å². The molecular weight excluding hydrogens is 322 g/mol. The first-order valence-electron chi connectivity index (χ1n) is 5.85.